The molecule has 0 spiro atoms. The van der Waals surface area contributed by atoms with E-state index in [1.165, 1.54) is 5.56 Å². The van der Waals surface area contributed by atoms with Gasteiger partial charge in [-0.05, 0) is 31.9 Å². The van der Waals surface area contributed by atoms with Crippen molar-refractivity contribution >= 4 is 5.84 Å². The molecule has 0 bridgehead atoms. The number of nitrogens with zero attached hydrogens (tertiary/aromatic N) is 1. The van der Waals surface area contributed by atoms with Gasteiger partial charge in [-0.2, -0.15) is 0 Å². The van der Waals surface area contributed by atoms with Gasteiger partial charge in [0.05, 0.1) is 12.9 Å². The quantitative estimate of drug-likeness (QED) is 0.625. The van der Waals surface area contributed by atoms with E-state index >= 15 is 0 Å². The standard InChI is InChI=1S/C13H20N2O/c1-10(15(3)11(2)14)9-12-7-5-6-8-13(12)16-4/h5-8,10,14H,9H2,1-4H3. The van der Waals surface area contributed by atoms with Crippen molar-refractivity contribution in [2.45, 2.75) is 26.3 Å². The van der Waals surface area contributed by atoms with E-state index in [-0.39, 0.29) is 0 Å². The molecule has 1 N–H and O–H groups in total. The molecular formula is C13H20N2O. The van der Waals surface area contributed by atoms with E-state index in [1.807, 2.05) is 30.1 Å². The molecule has 3 nitrogen and oxygen atoms in total. The number of hydrogen-bond acceptors (Lipinski definition) is 2. The molecular weight excluding hydrogens is 200 g/mol. The summed E-state index contributed by atoms with van der Waals surface area (Å²) >= 11 is 0. The Morgan fingerprint density at radius 1 is 1.44 bits per heavy atom. The summed E-state index contributed by atoms with van der Waals surface area (Å²) < 4.78 is 5.31. The van der Waals surface area contributed by atoms with Crippen LogP contribution in [0.3, 0.4) is 0 Å². The van der Waals surface area contributed by atoms with E-state index in [4.69, 9.17) is 10.1 Å². The van der Waals surface area contributed by atoms with Gasteiger partial charge in [0.1, 0.15) is 5.75 Å². The molecule has 0 radical (unpaired) electrons. The summed E-state index contributed by atoms with van der Waals surface area (Å²) in [7, 11) is 3.64. The molecule has 0 aliphatic heterocycles. The average Bonchev–Trinajstić information content (AvgIpc) is 2.28. The van der Waals surface area contributed by atoms with Gasteiger partial charge in [-0.15, -0.1) is 0 Å². The normalized spacial score (nSPS) is 12.0. The Morgan fingerprint density at radius 2 is 2.06 bits per heavy atom. The van der Waals surface area contributed by atoms with Crippen molar-refractivity contribution in [1.82, 2.24) is 4.90 Å². The molecule has 0 saturated carbocycles. The molecule has 1 rings (SSSR count). The second kappa shape index (κ2) is 5.54. The largest absolute Gasteiger partial charge is 0.496 e. The lowest BCUT2D eigenvalue weighted by atomic mass is 10.1. The number of hydrogen-bond donors (Lipinski definition) is 1. The van der Waals surface area contributed by atoms with Crippen LogP contribution in [0.2, 0.25) is 0 Å². The van der Waals surface area contributed by atoms with Crippen LogP contribution in [-0.4, -0.2) is 30.9 Å². The van der Waals surface area contributed by atoms with Gasteiger partial charge in [-0.25, -0.2) is 0 Å². The van der Waals surface area contributed by atoms with E-state index < -0.39 is 0 Å². The van der Waals surface area contributed by atoms with Gasteiger partial charge < -0.3 is 9.64 Å². The fraction of sp³-hybridized carbons (Fsp3) is 0.462. The zero-order chi connectivity index (χ0) is 12.1. The van der Waals surface area contributed by atoms with Crippen LogP contribution in [0.5, 0.6) is 5.75 Å². The van der Waals surface area contributed by atoms with Gasteiger partial charge in [-0.3, -0.25) is 5.41 Å². The number of nitrogens with one attached hydrogen (secondary N) is 1. The Morgan fingerprint density at radius 3 is 2.62 bits per heavy atom. The van der Waals surface area contributed by atoms with Crippen molar-refractivity contribution in [2.75, 3.05) is 14.2 Å². The molecule has 1 aromatic rings. The second-order valence-corrected chi connectivity index (χ2v) is 4.06. The van der Waals surface area contributed by atoms with Crippen LogP contribution in [0.1, 0.15) is 19.4 Å². The van der Waals surface area contributed by atoms with E-state index in [9.17, 15) is 0 Å². The summed E-state index contributed by atoms with van der Waals surface area (Å²) in [5, 5.41) is 7.59. The predicted octanol–water partition coefficient (Wildman–Crippen LogP) is 2.56. The minimum atomic E-state index is 0.300. The van der Waals surface area contributed by atoms with Gasteiger partial charge in [0, 0.05) is 13.1 Å². The molecule has 0 amide bonds. The molecule has 0 aliphatic carbocycles. The van der Waals surface area contributed by atoms with Crippen LogP contribution in [0, 0.1) is 5.41 Å². The summed E-state index contributed by atoms with van der Waals surface area (Å²) in [6, 6.07) is 8.33. The van der Waals surface area contributed by atoms with Gasteiger partial charge in [0.25, 0.3) is 0 Å². The number of ether oxygens (including phenoxy) is 1. The third kappa shape index (κ3) is 2.99. The third-order valence-corrected chi connectivity index (χ3v) is 2.90. The Hall–Kier alpha value is -1.51. The van der Waals surface area contributed by atoms with E-state index in [1.54, 1.807) is 14.0 Å². The molecule has 88 valence electrons. The van der Waals surface area contributed by atoms with E-state index in [0.717, 1.165) is 12.2 Å². The maximum Gasteiger partial charge on any atom is 0.122 e. The predicted molar refractivity (Wildman–Crippen MR) is 67.3 cm³/mol. The lowest BCUT2D eigenvalue weighted by Gasteiger charge is -2.26. The summed E-state index contributed by atoms with van der Waals surface area (Å²) in [6.45, 7) is 3.92. The molecule has 3 heteroatoms. The van der Waals surface area contributed by atoms with Crippen molar-refractivity contribution in [3.8, 4) is 5.75 Å². The van der Waals surface area contributed by atoms with Crippen LogP contribution in [0.15, 0.2) is 24.3 Å². The van der Waals surface area contributed by atoms with Gasteiger partial charge in [0.15, 0.2) is 0 Å². The van der Waals surface area contributed by atoms with Crippen LogP contribution < -0.4 is 4.74 Å². The molecule has 0 fully saturated rings. The second-order valence-electron chi connectivity index (χ2n) is 4.06. The number of methoxy groups -OCH3 is 1. The van der Waals surface area contributed by atoms with E-state index in [2.05, 4.69) is 13.0 Å². The molecule has 0 aliphatic rings. The molecule has 16 heavy (non-hydrogen) atoms. The zero-order valence-electron chi connectivity index (χ0n) is 10.4. The number of likely N-dealkylation sites (N-methyl/N-ethyl adjacent to an activating group) is 1. The number of benzene rings is 1. The summed E-state index contributed by atoms with van der Waals surface area (Å²) in [4.78, 5) is 1.96. The third-order valence-electron chi connectivity index (χ3n) is 2.90. The Kier molecular flexibility index (Phi) is 4.35. The number of rotatable bonds is 4. The fourth-order valence-electron chi connectivity index (χ4n) is 1.66. The first-order valence-corrected chi connectivity index (χ1v) is 5.46. The number of amidine groups is 1. The van der Waals surface area contributed by atoms with Crippen molar-refractivity contribution in [3.05, 3.63) is 29.8 Å². The first kappa shape index (κ1) is 12.6. The van der Waals surface area contributed by atoms with Crippen LogP contribution in [-0.2, 0) is 6.42 Å². The van der Waals surface area contributed by atoms with Crippen molar-refractivity contribution < 1.29 is 4.74 Å². The Labute approximate surface area is 97.5 Å². The maximum absolute atomic E-state index is 7.59. The number of para-hydroxylation sites is 1. The minimum Gasteiger partial charge on any atom is -0.496 e. The zero-order valence-corrected chi connectivity index (χ0v) is 10.4. The van der Waals surface area contributed by atoms with Crippen molar-refractivity contribution in [1.29, 1.82) is 5.41 Å². The first-order chi connectivity index (χ1) is 7.56. The average molecular weight is 220 g/mol. The summed E-state index contributed by atoms with van der Waals surface area (Å²) in [5.74, 6) is 1.51. The Balaban J connectivity index is 2.76. The van der Waals surface area contributed by atoms with Gasteiger partial charge in [0.2, 0.25) is 0 Å². The molecule has 1 unspecified atom stereocenters. The fourth-order valence-corrected chi connectivity index (χ4v) is 1.66. The first-order valence-electron chi connectivity index (χ1n) is 5.46. The monoisotopic (exact) mass is 220 g/mol. The minimum absolute atomic E-state index is 0.300. The topological polar surface area (TPSA) is 36.3 Å². The lowest BCUT2D eigenvalue weighted by Crippen LogP contribution is -2.34. The Bertz CT molecular complexity index is 363. The van der Waals surface area contributed by atoms with Crippen molar-refractivity contribution in [3.63, 3.8) is 0 Å². The van der Waals surface area contributed by atoms with Gasteiger partial charge >= 0.3 is 0 Å². The summed E-state index contributed by atoms with van der Waals surface area (Å²) in [6.07, 6.45) is 0.886. The van der Waals surface area contributed by atoms with Crippen LogP contribution in [0.25, 0.3) is 0 Å². The molecule has 0 saturated heterocycles. The highest BCUT2D eigenvalue weighted by Crippen LogP contribution is 2.20. The lowest BCUT2D eigenvalue weighted by molar-refractivity contribution is 0.370. The van der Waals surface area contributed by atoms with Gasteiger partial charge in [-0.1, -0.05) is 18.2 Å². The molecule has 1 aromatic carbocycles. The highest BCUT2D eigenvalue weighted by Gasteiger charge is 2.12. The highest BCUT2D eigenvalue weighted by molar-refractivity contribution is 5.76. The highest BCUT2D eigenvalue weighted by atomic mass is 16.5. The molecule has 0 aromatic heterocycles. The molecule has 0 heterocycles. The SMILES string of the molecule is COc1ccccc1CC(C)N(C)C(C)=N. The van der Waals surface area contributed by atoms with E-state index in [0.29, 0.717) is 11.9 Å². The smallest absolute Gasteiger partial charge is 0.122 e. The van der Waals surface area contributed by atoms with Crippen molar-refractivity contribution in [2.24, 2.45) is 0 Å². The molecule has 1 atom stereocenters. The van der Waals surface area contributed by atoms with Crippen LogP contribution in [0.4, 0.5) is 0 Å². The maximum atomic E-state index is 7.59. The summed E-state index contributed by atoms with van der Waals surface area (Å²) in [5.41, 5.74) is 1.19. The van der Waals surface area contributed by atoms with Crippen LogP contribution >= 0.6 is 0 Å².